The second kappa shape index (κ2) is 8.43. The number of hydrogen-bond donors (Lipinski definition) is 2. The summed E-state index contributed by atoms with van der Waals surface area (Å²) in [5.74, 6) is -0.241. The van der Waals surface area contributed by atoms with Crippen molar-refractivity contribution in [3.63, 3.8) is 0 Å². The summed E-state index contributed by atoms with van der Waals surface area (Å²) in [7, 11) is -2.02. The molecule has 0 aromatic heterocycles. The number of fused-ring (bicyclic) bond motifs is 2. The topological polar surface area (TPSA) is 49.3 Å². The maximum atomic E-state index is 14.8. The molecule has 5 rings (SSSR count). The van der Waals surface area contributed by atoms with Crippen LogP contribution >= 0.6 is 7.37 Å². The van der Waals surface area contributed by atoms with Gasteiger partial charge in [-0.05, 0) is 47.5 Å². The third-order valence-corrected chi connectivity index (χ3v) is 10.0. The Labute approximate surface area is 195 Å². The highest BCUT2D eigenvalue weighted by molar-refractivity contribution is 7.67. The van der Waals surface area contributed by atoms with Gasteiger partial charge in [0, 0.05) is 17.3 Å². The minimum atomic E-state index is -3.94. The van der Waals surface area contributed by atoms with Crippen LogP contribution in [0.25, 0.3) is 16.8 Å². The molecule has 2 N–H and O–H groups in total. The predicted octanol–water partition coefficient (Wildman–Crippen LogP) is 6.25. The first kappa shape index (κ1) is 21.9. The average molecular weight is 454 g/mol. The van der Waals surface area contributed by atoms with Gasteiger partial charge in [0.1, 0.15) is 0 Å². The van der Waals surface area contributed by atoms with E-state index in [9.17, 15) is 9.46 Å². The van der Waals surface area contributed by atoms with Crippen LogP contribution < -0.4 is 10.6 Å². The fourth-order valence-corrected chi connectivity index (χ4v) is 7.90. The third kappa shape index (κ3) is 3.40. The van der Waals surface area contributed by atoms with Gasteiger partial charge in [-0.15, -0.1) is 0 Å². The van der Waals surface area contributed by atoms with Crippen LogP contribution in [0.4, 0.5) is 0 Å². The Morgan fingerprint density at radius 3 is 2.33 bits per heavy atom. The van der Waals surface area contributed by atoms with Gasteiger partial charge in [0.15, 0.2) is 0 Å². The van der Waals surface area contributed by atoms with Crippen LogP contribution in [0, 0.1) is 5.92 Å². The van der Waals surface area contributed by atoms with Crippen molar-refractivity contribution in [3.05, 3.63) is 120 Å². The zero-order valence-electron chi connectivity index (χ0n) is 18.8. The Morgan fingerprint density at radius 2 is 1.55 bits per heavy atom. The van der Waals surface area contributed by atoms with E-state index in [1.165, 1.54) is 0 Å². The van der Waals surface area contributed by atoms with E-state index >= 15 is 0 Å². The van der Waals surface area contributed by atoms with Gasteiger partial charge in [0.2, 0.25) is 7.37 Å². The van der Waals surface area contributed by atoms with E-state index < -0.39 is 12.5 Å². The minimum absolute atomic E-state index is 0.128. The summed E-state index contributed by atoms with van der Waals surface area (Å²) >= 11 is 0. The van der Waals surface area contributed by atoms with Crippen LogP contribution in [0.1, 0.15) is 29.7 Å². The largest absolute Gasteiger partial charge is 0.340 e. The van der Waals surface area contributed by atoms with Crippen molar-refractivity contribution in [2.24, 2.45) is 5.92 Å². The zero-order valence-corrected chi connectivity index (χ0v) is 19.7. The Hall–Kier alpha value is -2.97. The van der Waals surface area contributed by atoms with Crippen molar-refractivity contribution >= 4 is 29.5 Å². The molecule has 1 aliphatic carbocycles. The molecule has 1 unspecified atom stereocenters. The molecule has 0 spiro atoms. The molecule has 166 valence electrons. The van der Waals surface area contributed by atoms with Crippen molar-refractivity contribution < 1.29 is 9.46 Å². The second-order valence-corrected chi connectivity index (χ2v) is 11.4. The van der Waals surface area contributed by atoms with Gasteiger partial charge in [-0.1, -0.05) is 103 Å². The fourth-order valence-electron chi connectivity index (χ4n) is 5.42. The normalized spacial score (nSPS) is 22.5. The monoisotopic (exact) mass is 453 g/mol. The molecule has 0 radical (unpaired) electrons. The van der Waals surface area contributed by atoms with Crippen LogP contribution in [0.2, 0.25) is 0 Å². The van der Waals surface area contributed by atoms with E-state index in [2.05, 4.69) is 29.6 Å². The summed E-state index contributed by atoms with van der Waals surface area (Å²) in [6.07, 6.45) is 4.21. The molecule has 1 aliphatic rings. The Kier molecular flexibility index (Phi) is 5.58. The first-order valence-electron chi connectivity index (χ1n) is 11.3. The lowest BCUT2D eigenvalue weighted by molar-refractivity contribution is 0.326. The molecule has 0 saturated carbocycles. The van der Waals surface area contributed by atoms with E-state index in [1.807, 2.05) is 98.9 Å². The lowest BCUT2D eigenvalue weighted by Crippen LogP contribution is -2.43. The molecule has 4 aromatic carbocycles. The van der Waals surface area contributed by atoms with E-state index in [-0.39, 0.29) is 12.0 Å². The summed E-state index contributed by atoms with van der Waals surface area (Å²) in [4.78, 5) is 12.2. The van der Waals surface area contributed by atoms with Gasteiger partial charge >= 0.3 is 0 Å². The van der Waals surface area contributed by atoms with Crippen LogP contribution in [0.15, 0.2) is 103 Å². The molecule has 0 heterocycles. The Bertz CT molecular complexity index is 1380. The van der Waals surface area contributed by atoms with Gasteiger partial charge in [-0.3, -0.25) is 4.57 Å². The predicted molar refractivity (Wildman–Crippen MR) is 138 cm³/mol. The molecule has 3 nitrogen and oxygen atoms in total. The molecule has 0 saturated heterocycles. The zero-order chi connectivity index (χ0) is 23.1. The van der Waals surface area contributed by atoms with Crippen molar-refractivity contribution in [3.8, 4) is 0 Å². The minimum Gasteiger partial charge on any atom is -0.340 e. The van der Waals surface area contributed by atoms with Crippen LogP contribution in [-0.4, -0.2) is 11.9 Å². The second-order valence-electron chi connectivity index (χ2n) is 8.87. The van der Waals surface area contributed by atoms with E-state index in [0.717, 1.165) is 27.5 Å². The summed E-state index contributed by atoms with van der Waals surface area (Å²) in [5.41, 5.74) is 3.00. The van der Waals surface area contributed by atoms with Crippen LogP contribution in [-0.2, 0) is 9.72 Å². The number of rotatable bonds is 5. The van der Waals surface area contributed by atoms with Crippen LogP contribution in [0.3, 0.4) is 0 Å². The smallest absolute Gasteiger partial charge is 0.240 e. The van der Waals surface area contributed by atoms with Gasteiger partial charge < -0.3 is 10.2 Å². The SMILES string of the molecule is CN[C@@H](c1ccccc1)[C@H]1C=Cc2ccccc2[C@@]1(C)P(=O)(O)c1cccc2ccccc12. The van der Waals surface area contributed by atoms with Crippen molar-refractivity contribution in [1.29, 1.82) is 0 Å². The van der Waals surface area contributed by atoms with Crippen molar-refractivity contribution in [2.75, 3.05) is 7.05 Å². The molecular formula is C29H28NO2P. The summed E-state index contributed by atoms with van der Waals surface area (Å²) < 4.78 is 14.8. The Balaban J connectivity index is 1.78. The van der Waals surface area contributed by atoms with Crippen molar-refractivity contribution in [2.45, 2.75) is 18.1 Å². The standard InChI is InChI=1S/C29H28NO2P/c1-29(33(31,32)27-18-10-15-21-11-6-8-16-24(21)27)25-17-9-7-12-22(25)19-20-26(29)28(30-2)23-13-4-3-5-14-23/h3-20,26,28,30H,1-2H3,(H,31,32)/t26-,28+,29-/m1/s1. The highest BCUT2D eigenvalue weighted by Gasteiger charge is 2.55. The quantitative estimate of drug-likeness (QED) is 0.351. The summed E-state index contributed by atoms with van der Waals surface area (Å²) in [6.45, 7) is 1.97. The summed E-state index contributed by atoms with van der Waals surface area (Å²) in [5, 5.41) is 4.73. The molecule has 33 heavy (non-hydrogen) atoms. The van der Waals surface area contributed by atoms with Crippen molar-refractivity contribution in [1.82, 2.24) is 5.32 Å². The lowest BCUT2D eigenvalue weighted by Gasteiger charge is -2.46. The molecule has 0 aliphatic heterocycles. The molecule has 4 heteroatoms. The summed E-state index contributed by atoms with van der Waals surface area (Å²) in [6, 6.07) is 31.6. The third-order valence-electron chi connectivity index (χ3n) is 7.19. The average Bonchev–Trinajstić information content (AvgIpc) is 2.86. The van der Waals surface area contributed by atoms with E-state index in [0.29, 0.717) is 5.30 Å². The Morgan fingerprint density at radius 1 is 0.879 bits per heavy atom. The maximum absolute atomic E-state index is 14.8. The van der Waals surface area contributed by atoms with Crippen LogP contribution in [0.5, 0.6) is 0 Å². The molecule has 0 amide bonds. The highest BCUT2D eigenvalue weighted by Crippen LogP contribution is 2.67. The fraction of sp³-hybridized carbons (Fsp3) is 0.172. The van der Waals surface area contributed by atoms with Gasteiger partial charge in [0.05, 0.1) is 5.16 Å². The molecule has 0 fully saturated rings. The molecule has 0 bridgehead atoms. The van der Waals surface area contributed by atoms with E-state index in [4.69, 9.17) is 0 Å². The maximum Gasteiger partial charge on any atom is 0.240 e. The highest BCUT2D eigenvalue weighted by atomic mass is 31.2. The number of nitrogens with one attached hydrogen (secondary N) is 1. The van der Waals surface area contributed by atoms with Gasteiger partial charge in [-0.2, -0.15) is 0 Å². The van der Waals surface area contributed by atoms with E-state index in [1.54, 1.807) is 0 Å². The lowest BCUT2D eigenvalue weighted by atomic mass is 9.74. The molecule has 4 atom stereocenters. The molecular weight excluding hydrogens is 425 g/mol. The van der Waals surface area contributed by atoms with Gasteiger partial charge in [0.25, 0.3) is 0 Å². The number of benzene rings is 4. The van der Waals surface area contributed by atoms with Gasteiger partial charge in [-0.25, -0.2) is 0 Å². The first-order chi connectivity index (χ1) is 16.0. The first-order valence-corrected chi connectivity index (χ1v) is 13.0. The molecule has 4 aromatic rings. The number of hydrogen-bond acceptors (Lipinski definition) is 2.